The molecule has 0 saturated carbocycles. The van der Waals surface area contributed by atoms with Crippen LogP contribution in [0.25, 0.3) is 0 Å². The zero-order valence-corrected chi connectivity index (χ0v) is 8.42. The zero-order valence-electron chi connectivity index (χ0n) is 6.83. The van der Waals surface area contributed by atoms with Crippen LogP contribution in [0.1, 0.15) is 24.2 Å². The van der Waals surface area contributed by atoms with E-state index in [2.05, 4.69) is 15.9 Å². The minimum Gasteiger partial charge on any atom is -0.459 e. The Labute approximate surface area is 78.8 Å². The number of ether oxygens (including phenoxy) is 1. The lowest BCUT2D eigenvalue weighted by Gasteiger charge is -2.05. The first-order valence-electron chi connectivity index (χ1n) is 3.55. The fourth-order valence-electron chi connectivity index (χ4n) is 0.717. The number of halogens is 1. The fraction of sp³-hybridized carbons (Fsp3) is 0.375. The van der Waals surface area contributed by atoms with Crippen LogP contribution >= 0.6 is 15.9 Å². The summed E-state index contributed by atoms with van der Waals surface area (Å²) < 4.78 is 10.2. The minimum atomic E-state index is -0.370. The second-order valence-corrected chi connectivity index (χ2v) is 3.28. The van der Waals surface area contributed by atoms with Crippen molar-refractivity contribution in [3.63, 3.8) is 0 Å². The number of esters is 1. The average Bonchev–Trinajstić information content (AvgIpc) is 2.33. The molecule has 0 radical (unpaired) electrons. The first-order chi connectivity index (χ1) is 5.61. The Balaban J connectivity index is 2.72. The molecule has 1 heterocycles. The van der Waals surface area contributed by atoms with E-state index in [9.17, 15) is 4.79 Å². The highest BCUT2D eigenvalue weighted by Crippen LogP contribution is 2.18. The van der Waals surface area contributed by atoms with Crippen LogP contribution < -0.4 is 0 Å². The number of rotatable bonds is 2. The van der Waals surface area contributed by atoms with Gasteiger partial charge in [0.05, 0.1) is 12.4 Å². The minimum absolute atomic E-state index is 0.112. The van der Waals surface area contributed by atoms with Crippen molar-refractivity contribution in [3.8, 4) is 0 Å². The monoisotopic (exact) mass is 232 g/mol. The van der Waals surface area contributed by atoms with Gasteiger partial charge in [0.1, 0.15) is 5.56 Å². The quantitative estimate of drug-likeness (QED) is 0.737. The number of hydrogen-bond acceptors (Lipinski definition) is 3. The van der Waals surface area contributed by atoms with Gasteiger partial charge >= 0.3 is 5.97 Å². The van der Waals surface area contributed by atoms with Crippen LogP contribution in [0.4, 0.5) is 0 Å². The lowest BCUT2D eigenvalue weighted by atomic mass is 10.3. The Hall–Kier alpha value is -0.770. The predicted octanol–water partition coefficient (Wildman–Crippen LogP) is 2.61. The highest BCUT2D eigenvalue weighted by atomic mass is 79.9. The molecule has 0 aliphatic rings. The third-order valence-electron chi connectivity index (χ3n) is 1.18. The molecule has 0 aliphatic heterocycles. The van der Waals surface area contributed by atoms with E-state index in [1.165, 1.54) is 6.26 Å². The average molecular weight is 233 g/mol. The molecule has 0 fully saturated rings. The van der Waals surface area contributed by atoms with Crippen molar-refractivity contribution < 1.29 is 13.9 Å². The van der Waals surface area contributed by atoms with Gasteiger partial charge in [0.15, 0.2) is 4.67 Å². The maximum absolute atomic E-state index is 11.2. The maximum Gasteiger partial charge on any atom is 0.342 e. The molecule has 3 nitrogen and oxygen atoms in total. The predicted molar refractivity (Wildman–Crippen MR) is 47.0 cm³/mol. The Morgan fingerprint density at radius 3 is 2.75 bits per heavy atom. The molecule has 0 saturated heterocycles. The van der Waals surface area contributed by atoms with Crippen molar-refractivity contribution >= 4 is 21.9 Å². The number of carbonyl (C=O) groups excluding carboxylic acids is 1. The van der Waals surface area contributed by atoms with E-state index >= 15 is 0 Å². The molecule has 0 aliphatic carbocycles. The molecule has 4 heteroatoms. The van der Waals surface area contributed by atoms with E-state index in [4.69, 9.17) is 9.15 Å². The molecule has 12 heavy (non-hydrogen) atoms. The van der Waals surface area contributed by atoms with Gasteiger partial charge in [0.2, 0.25) is 0 Å². The van der Waals surface area contributed by atoms with Crippen LogP contribution in [0.15, 0.2) is 21.4 Å². The SMILES string of the molecule is CC(C)OC(=O)c1ccoc1Br. The standard InChI is InChI=1S/C8H9BrO3/c1-5(2)12-8(10)6-3-4-11-7(6)9/h3-5H,1-2H3. The van der Waals surface area contributed by atoms with Crippen LogP contribution in [-0.4, -0.2) is 12.1 Å². The second-order valence-electron chi connectivity index (χ2n) is 2.56. The van der Waals surface area contributed by atoms with E-state index in [-0.39, 0.29) is 12.1 Å². The lowest BCUT2D eigenvalue weighted by molar-refractivity contribution is 0.0375. The molecule has 0 N–H and O–H groups in total. The molecule has 0 spiro atoms. The van der Waals surface area contributed by atoms with Crippen molar-refractivity contribution in [2.24, 2.45) is 0 Å². The summed E-state index contributed by atoms with van der Waals surface area (Å²) in [7, 11) is 0. The van der Waals surface area contributed by atoms with Crippen molar-refractivity contribution in [2.75, 3.05) is 0 Å². The molecule has 1 aromatic heterocycles. The molecular weight excluding hydrogens is 224 g/mol. The molecular formula is C8H9BrO3. The molecule has 0 amide bonds. The van der Waals surface area contributed by atoms with Crippen molar-refractivity contribution in [1.82, 2.24) is 0 Å². The van der Waals surface area contributed by atoms with Gasteiger partial charge in [-0.25, -0.2) is 4.79 Å². The Morgan fingerprint density at radius 1 is 1.67 bits per heavy atom. The number of hydrogen-bond donors (Lipinski definition) is 0. The van der Waals surface area contributed by atoms with Gasteiger partial charge < -0.3 is 9.15 Å². The van der Waals surface area contributed by atoms with Crippen LogP contribution in [0.2, 0.25) is 0 Å². The molecule has 0 unspecified atom stereocenters. The van der Waals surface area contributed by atoms with Crippen LogP contribution in [0, 0.1) is 0 Å². The molecule has 0 atom stereocenters. The first-order valence-corrected chi connectivity index (χ1v) is 4.34. The third kappa shape index (κ3) is 2.11. The van der Waals surface area contributed by atoms with E-state index in [1.54, 1.807) is 19.9 Å². The van der Waals surface area contributed by atoms with Gasteiger partial charge in [-0.3, -0.25) is 0 Å². The molecule has 66 valence electrons. The molecule has 0 aromatic carbocycles. The van der Waals surface area contributed by atoms with E-state index < -0.39 is 0 Å². The zero-order chi connectivity index (χ0) is 9.14. The van der Waals surface area contributed by atoms with Crippen LogP contribution in [-0.2, 0) is 4.74 Å². The number of furan rings is 1. The molecule has 0 bridgehead atoms. The summed E-state index contributed by atoms with van der Waals surface area (Å²) >= 11 is 3.09. The smallest absolute Gasteiger partial charge is 0.342 e. The number of carbonyl (C=O) groups is 1. The van der Waals surface area contributed by atoms with Crippen molar-refractivity contribution in [2.45, 2.75) is 20.0 Å². The maximum atomic E-state index is 11.2. The topological polar surface area (TPSA) is 39.4 Å². The summed E-state index contributed by atoms with van der Waals surface area (Å²) in [4.78, 5) is 11.2. The summed E-state index contributed by atoms with van der Waals surface area (Å²) in [6.45, 7) is 3.60. The van der Waals surface area contributed by atoms with E-state index in [1.807, 2.05) is 0 Å². The van der Waals surface area contributed by atoms with Crippen LogP contribution in [0.3, 0.4) is 0 Å². The van der Waals surface area contributed by atoms with Gasteiger partial charge in [-0.2, -0.15) is 0 Å². The summed E-state index contributed by atoms with van der Waals surface area (Å²) in [6, 6.07) is 1.56. The normalized spacial score (nSPS) is 10.3. The molecule has 1 aromatic rings. The van der Waals surface area contributed by atoms with Gasteiger partial charge in [0, 0.05) is 0 Å². The Morgan fingerprint density at radius 2 is 2.33 bits per heavy atom. The second kappa shape index (κ2) is 3.76. The highest BCUT2D eigenvalue weighted by molar-refractivity contribution is 9.10. The largest absolute Gasteiger partial charge is 0.459 e. The highest BCUT2D eigenvalue weighted by Gasteiger charge is 2.14. The van der Waals surface area contributed by atoms with E-state index in [0.29, 0.717) is 10.2 Å². The van der Waals surface area contributed by atoms with Gasteiger partial charge in [-0.15, -0.1) is 0 Å². The van der Waals surface area contributed by atoms with E-state index in [0.717, 1.165) is 0 Å². The van der Waals surface area contributed by atoms with Crippen molar-refractivity contribution in [3.05, 3.63) is 22.6 Å². The summed E-state index contributed by atoms with van der Waals surface area (Å²) in [5.41, 5.74) is 0.420. The van der Waals surface area contributed by atoms with Gasteiger partial charge in [-0.05, 0) is 35.8 Å². The molecule has 1 rings (SSSR count). The first kappa shape index (κ1) is 9.32. The summed E-state index contributed by atoms with van der Waals surface area (Å²) in [5.74, 6) is -0.370. The van der Waals surface area contributed by atoms with Gasteiger partial charge in [-0.1, -0.05) is 0 Å². The van der Waals surface area contributed by atoms with Crippen molar-refractivity contribution in [1.29, 1.82) is 0 Å². The lowest BCUT2D eigenvalue weighted by Crippen LogP contribution is -2.11. The van der Waals surface area contributed by atoms with Gasteiger partial charge in [0.25, 0.3) is 0 Å². The summed E-state index contributed by atoms with van der Waals surface area (Å²) in [6.07, 6.45) is 1.32. The Bertz CT molecular complexity index is 278. The summed E-state index contributed by atoms with van der Waals surface area (Å²) in [5, 5.41) is 0. The fourth-order valence-corrected chi connectivity index (χ4v) is 1.12. The third-order valence-corrected chi connectivity index (χ3v) is 1.79. The van der Waals surface area contributed by atoms with Crippen LogP contribution in [0.5, 0.6) is 0 Å². The Kier molecular flexibility index (Phi) is 2.92.